The number of nitrogens with one attached hydrogen (secondary N) is 1. The molecule has 7 nitrogen and oxygen atoms in total. The zero-order chi connectivity index (χ0) is 21.1. The predicted octanol–water partition coefficient (Wildman–Crippen LogP) is 4.38. The summed E-state index contributed by atoms with van der Waals surface area (Å²) in [6.45, 7) is 0.494. The van der Waals surface area contributed by atoms with Gasteiger partial charge >= 0.3 is 0 Å². The second-order valence-corrected chi connectivity index (χ2v) is 7.52. The molecule has 154 valence electrons. The third-order valence-corrected chi connectivity index (χ3v) is 5.35. The van der Waals surface area contributed by atoms with Crippen LogP contribution in [0, 0.1) is 0 Å². The van der Waals surface area contributed by atoms with Gasteiger partial charge in [-0.05, 0) is 29.8 Å². The summed E-state index contributed by atoms with van der Waals surface area (Å²) in [5.41, 5.74) is 2.99. The van der Waals surface area contributed by atoms with Gasteiger partial charge in [0, 0.05) is 18.2 Å². The first kappa shape index (κ1) is 20.3. The van der Waals surface area contributed by atoms with Crippen molar-refractivity contribution in [2.45, 2.75) is 19.1 Å². The minimum atomic E-state index is -0.719. The number of nitrogens with zero attached hydrogens (tertiary/aromatic N) is 3. The summed E-state index contributed by atoms with van der Waals surface area (Å²) in [5, 5.41) is 12.1. The van der Waals surface area contributed by atoms with Gasteiger partial charge in [0.05, 0.1) is 41.3 Å². The van der Waals surface area contributed by atoms with Crippen LogP contribution >= 0.6 is 23.2 Å². The molecule has 2 aromatic carbocycles. The van der Waals surface area contributed by atoms with E-state index < -0.39 is 6.10 Å². The summed E-state index contributed by atoms with van der Waals surface area (Å²) < 4.78 is 7.05. The number of methoxy groups -OCH3 is 1. The van der Waals surface area contributed by atoms with Crippen molar-refractivity contribution in [3.63, 3.8) is 0 Å². The molecule has 1 aliphatic rings. The Labute approximate surface area is 183 Å². The van der Waals surface area contributed by atoms with Crippen LogP contribution in [0.2, 0.25) is 10.0 Å². The van der Waals surface area contributed by atoms with E-state index >= 15 is 0 Å². The topological polar surface area (TPSA) is 77.7 Å². The first-order valence-corrected chi connectivity index (χ1v) is 9.92. The Bertz CT molecular complexity index is 1110. The summed E-state index contributed by atoms with van der Waals surface area (Å²) in [6.07, 6.45) is 2.94. The third kappa shape index (κ3) is 4.42. The number of oxime groups is 1. The highest BCUT2D eigenvalue weighted by Crippen LogP contribution is 2.25. The van der Waals surface area contributed by atoms with E-state index in [0.717, 1.165) is 11.1 Å². The van der Waals surface area contributed by atoms with Gasteiger partial charge in [0.1, 0.15) is 5.75 Å². The molecule has 1 amide bonds. The molecule has 0 radical (unpaired) electrons. The first-order valence-electron chi connectivity index (χ1n) is 9.17. The Morgan fingerprint density at radius 1 is 1.27 bits per heavy atom. The second kappa shape index (κ2) is 8.77. The molecule has 0 bridgehead atoms. The first-order chi connectivity index (χ1) is 14.5. The number of para-hydroxylation sites is 1. The zero-order valence-electron chi connectivity index (χ0n) is 16.0. The molecule has 0 spiro atoms. The Morgan fingerprint density at radius 3 is 2.90 bits per heavy atom. The van der Waals surface area contributed by atoms with Crippen LogP contribution in [0.3, 0.4) is 0 Å². The van der Waals surface area contributed by atoms with E-state index in [0.29, 0.717) is 40.2 Å². The van der Waals surface area contributed by atoms with Gasteiger partial charge in [-0.3, -0.25) is 9.48 Å². The molecule has 2 heterocycles. The maximum atomic E-state index is 12.6. The summed E-state index contributed by atoms with van der Waals surface area (Å²) in [7, 11) is 1.59. The minimum Gasteiger partial charge on any atom is -0.496 e. The highest BCUT2D eigenvalue weighted by Gasteiger charge is 2.30. The SMILES string of the molecule is COc1ccccc1C1=NOC(C(=O)Nc2cnn(Cc3ccc(Cl)c(Cl)c3)c2)C1. The van der Waals surface area contributed by atoms with E-state index in [-0.39, 0.29) is 5.91 Å². The quantitative estimate of drug-likeness (QED) is 0.611. The predicted molar refractivity (Wildman–Crippen MR) is 115 cm³/mol. The van der Waals surface area contributed by atoms with E-state index in [4.69, 9.17) is 32.8 Å². The molecule has 0 fully saturated rings. The van der Waals surface area contributed by atoms with Crippen LogP contribution in [0.4, 0.5) is 5.69 Å². The van der Waals surface area contributed by atoms with Crippen LogP contribution in [0.25, 0.3) is 0 Å². The molecule has 1 aromatic heterocycles. The number of halogens is 2. The number of anilines is 1. The fourth-order valence-corrected chi connectivity index (χ4v) is 3.44. The summed E-state index contributed by atoms with van der Waals surface area (Å²) >= 11 is 12.0. The largest absolute Gasteiger partial charge is 0.496 e. The maximum Gasteiger partial charge on any atom is 0.268 e. The standard InChI is InChI=1S/C21H18Cl2N4O3/c1-29-19-5-3-2-4-15(19)18-9-20(30-26-18)21(28)25-14-10-24-27(12-14)11-13-6-7-16(22)17(23)8-13/h2-8,10,12,20H,9,11H2,1H3,(H,25,28). The van der Waals surface area contributed by atoms with E-state index in [9.17, 15) is 4.79 Å². The molecular formula is C21H18Cl2N4O3. The minimum absolute atomic E-state index is 0.294. The fraction of sp³-hybridized carbons (Fsp3) is 0.190. The molecule has 1 unspecified atom stereocenters. The van der Waals surface area contributed by atoms with Gasteiger partial charge in [-0.25, -0.2) is 0 Å². The zero-order valence-corrected chi connectivity index (χ0v) is 17.5. The van der Waals surface area contributed by atoms with Gasteiger partial charge < -0.3 is 14.9 Å². The van der Waals surface area contributed by atoms with Crippen molar-refractivity contribution in [1.82, 2.24) is 9.78 Å². The number of hydrogen-bond acceptors (Lipinski definition) is 5. The van der Waals surface area contributed by atoms with Crippen LogP contribution in [0.1, 0.15) is 17.5 Å². The van der Waals surface area contributed by atoms with Crippen LogP contribution < -0.4 is 10.1 Å². The lowest BCUT2D eigenvalue weighted by Gasteiger charge is -2.08. The molecule has 9 heteroatoms. The van der Waals surface area contributed by atoms with Crippen molar-refractivity contribution >= 4 is 40.5 Å². The number of rotatable bonds is 6. The third-order valence-electron chi connectivity index (χ3n) is 4.61. The van der Waals surface area contributed by atoms with Gasteiger partial charge in [-0.2, -0.15) is 5.10 Å². The van der Waals surface area contributed by atoms with Crippen LogP contribution in [0.5, 0.6) is 5.75 Å². The summed E-state index contributed by atoms with van der Waals surface area (Å²) in [6, 6.07) is 12.9. The van der Waals surface area contributed by atoms with Crippen molar-refractivity contribution in [2.24, 2.45) is 5.16 Å². The molecule has 1 N–H and O–H groups in total. The molecule has 30 heavy (non-hydrogen) atoms. The number of benzene rings is 2. The van der Waals surface area contributed by atoms with Crippen molar-refractivity contribution in [3.8, 4) is 5.75 Å². The molecular weight excluding hydrogens is 427 g/mol. The number of ether oxygens (including phenoxy) is 1. The van der Waals surface area contributed by atoms with Crippen LogP contribution in [-0.2, 0) is 16.2 Å². The Kier molecular flexibility index (Phi) is 5.92. The molecule has 0 saturated heterocycles. The summed E-state index contributed by atoms with van der Waals surface area (Å²) in [4.78, 5) is 17.9. The highest BCUT2D eigenvalue weighted by molar-refractivity contribution is 6.42. The van der Waals surface area contributed by atoms with Crippen molar-refractivity contribution in [3.05, 3.63) is 76.0 Å². The molecule has 0 aliphatic carbocycles. The van der Waals surface area contributed by atoms with E-state index in [1.807, 2.05) is 30.3 Å². The van der Waals surface area contributed by atoms with Crippen LogP contribution in [-0.4, -0.2) is 34.6 Å². The number of carbonyl (C=O) groups is 1. The smallest absolute Gasteiger partial charge is 0.268 e. The van der Waals surface area contributed by atoms with E-state index in [1.165, 1.54) is 0 Å². The lowest BCUT2D eigenvalue weighted by Crippen LogP contribution is -2.27. The molecule has 1 atom stereocenters. The molecule has 1 aliphatic heterocycles. The molecule has 4 rings (SSSR count). The number of hydrogen-bond donors (Lipinski definition) is 1. The Morgan fingerprint density at radius 2 is 2.10 bits per heavy atom. The van der Waals surface area contributed by atoms with Crippen LogP contribution in [0.15, 0.2) is 60.0 Å². The molecule has 3 aromatic rings. The van der Waals surface area contributed by atoms with Crippen molar-refractivity contribution in [2.75, 3.05) is 12.4 Å². The van der Waals surface area contributed by atoms with Crippen molar-refractivity contribution < 1.29 is 14.4 Å². The normalized spacial score (nSPS) is 15.4. The fourth-order valence-electron chi connectivity index (χ4n) is 3.12. The number of amides is 1. The average Bonchev–Trinajstić information content (AvgIpc) is 3.40. The van der Waals surface area contributed by atoms with Crippen molar-refractivity contribution in [1.29, 1.82) is 0 Å². The average molecular weight is 445 g/mol. The van der Waals surface area contributed by atoms with Gasteiger partial charge in [0.25, 0.3) is 5.91 Å². The van der Waals surface area contributed by atoms with Gasteiger partial charge in [-0.15, -0.1) is 0 Å². The number of aromatic nitrogens is 2. The Balaban J connectivity index is 1.36. The molecule has 0 saturated carbocycles. The van der Waals surface area contributed by atoms with E-state index in [1.54, 1.807) is 36.3 Å². The Hall–Kier alpha value is -3.03. The monoisotopic (exact) mass is 444 g/mol. The van der Waals surface area contributed by atoms with E-state index in [2.05, 4.69) is 15.6 Å². The lowest BCUT2D eigenvalue weighted by molar-refractivity contribution is -0.125. The highest BCUT2D eigenvalue weighted by atomic mass is 35.5. The van der Waals surface area contributed by atoms with Gasteiger partial charge in [0.15, 0.2) is 0 Å². The lowest BCUT2D eigenvalue weighted by atomic mass is 10.0. The van der Waals surface area contributed by atoms with Gasteiger partial charge in [0.2, 0.25) is 6.10 Å². The summed E-state index contributed by atoms with van der Waals surface area (Å²) in [5.74, 6) is 0.391. The number of carbonyl (C=O) groups excluding carboxylic acids is 1. The maximum absolute atomic E-state index is 12.6. The second-order valence-electron chi connectivity index (χ2n) is 6.70. The van der Waals surface area contributed by atoms with Gasteiger partial charge in [-0.1, -0.05) is 46.6 Å².